The van der Waals surface area contributed by atoms with Gasteiger partial charge in [-0.3, -0.25) is 14.4 Å². The van der Waals surface area contributed by atoms with E-state index < -0.39 is 6.10 Å². The third-order valence-electron chi connectivity index (χ3n) is 12.1. The van der Waals surface area contributed by atoms with Crippen molar-refractivity contribution in [1.82, 2.24) is 0 Å². The molecule has 0 N–H and O–H groups in total. The number of hydrogen-bond acceptors (Lipinski definition) is 6. The quantitative estimate of drug-likeness (QED) is 0.0262. The zero-order valence-electron chi connectivity index (χ0n) is 42.6. The molecule has 1 unspecified atom stereocenters. The zero-order valence-corrected chi connectivity index (χ0v) is 42.6. The lowest BCUT2D eigenvalue weighted by atomic mass is 10.0. The molecule has 6 nitrogen and oxygen atoms in total. The van der Waals surface area contributed by atoms with E-state index in [1.165, 1.54) is 161 Å². The summed E-state index contributed by atoms with van der Waals surface area (Å²) in [5, 5.41) is 0. The molecular weight excluding hydrogens is 793 g/mol. The number of ether oxygens (including phenoxy) is 3. The van der Waals surface area contributed by atoms with E-state index in [0.717, 1.165) is 83.5 Å². The van der Waals surface area contributed by atoms with Crippen LogP contribution in [0.4, 0.5) is 0 Å². The second-order valence-electron chi connectivity index (χ2n) is 18.5. The van der Waals surface area contributed by atoms with Gasteiger partial charge >= 0.3 is 17.9 Å². The van der Waals surface area contributed by atoms with Crippen LogP contribution in [0.3, 0.4) is 0 Å². The van der Waals surface area contributed by atoms with Gasteiger partial charge in [0.15, 0.2) is 6.10 Å². The summed E-state index contributed by atoms with van der Waals surface area (Å²) in [4.78, 5) is 37.5. The Morgan fingerprint density at radius 1 is 0.328 bits per heavy atom. The molecule has 0 saturated heterocycles. The highest BCUT2D eigenvalue weighted by Crippen LogP contribution is 2.16. The molecule has 0 aliphatic rings. The summed E-state index contributed by atoms with van der Waals surface area (Å²) in [6, 6.07) is 0. The van der Waals surface area contributed by atoms with Crippen LogP contribution in [0.2, 0.25) is 0 Å². The minimum atomic E-state index is -0.761. The van der Waals surface area contributed by atoms with Crippen molar-refractivity contribution in [2.75, 3.05) is 13.2 Å². The normalized spacial score (nSPS) is 12.4. The Balaban J connectivity index is 3.80. The molecule has 0 aromatic carbocycles. The van der Waals surface area contributed by atoms with Gasteiger partial charge < -0.3 is 14.2 Å². The number of carbonyl (C=O) groups is 3. The fourth-order valence-electron chi connectivity index (χ4n) is 7.96. The van der Waals surface area contributed by atoms with Gasteiger partial charge in [-0.2, -0.15) is 0 Å². The second kappa shape index (κ2) is 53.0. The summed E-state index contributed by atoms with van der Waals surface area (Å²) in [5.41, 5.74) is 0. The van der Waals surface area contributed by atoms with Gasteiger partial charge in [0.25, 0.3) is 0 Å². The van der Waals surface area contributed by atoms with Gasteiger partial charge in [-0.15, -0.1) is 0 Å². The molecule has 0 aromatic heterocycles. The lowest BCUT2D eigenvalue weighted by Gasteiger charge is -2.18. The van der Waals surface area contributed by atoms with E-state index in [0.29, 0.717) is 19.3 Å². The summed E-state index contributed by atoms with van der Waals surface area (Å²) in [7, 11) is 0. The maximum absolute atomic E-state index is 12.6. The first-order chi connectivity index (χ1) is 31.5. The van der Waals surface area contributed by atoms with Crippen molar-refractivity contribution in [1.29, 1.82) is 0 Å². The number of hydrogen-bond donors (Lipinski definition) is 0. The molecule has 0 rings (SSSR count). The van der Waals surface area contributed by atoms with Crippen molar-refractivity contribution < 1.29 is 28.6 Å². The number of rotatable bonds is 50. The number of allylic oxidation sites excluding steroid dienone is 8. The molecule has 0 heterocycles. The zero-order chi connectivity index (χ0) is 46.5. The van der Waals surface area contributed by atoms with Crippen LogP contribution >= 0.6 is 0 Å². The molecule has 0 amide bonds. The van der Waals surface area contributed by atoms with Gasteiger partial charge in [0.05, 0.1) is 0 Å². The van der Waals surface area contributed by atoms with Crippen molar-refractivity contribution in [3.05, 3.63) is 48.6 Å². The summed E-state index contributed by atoms with van der Waals surface area (Å²) < 4.78 is 16.6. The standard InChI is InChI=1S/C58H104O6/c1-4-7-10-13-16-17-18-19-20-21-22-23-24-25-26-27-28-29-30-31-32-33-34-35-36-37-38-39-40-41-43-45-48-51-57(60)63-54-55(53-62-56(59)50-47-44-15-12-9-6-3)64-58(61)52-49-46-42-14-11-8-5-2/h7,10,16-17,19-20,22-23,55H,4-6,8-9,11-15,18,21,24-54H2,1-3H3/b10-7-,17-16-,20-19-,23-22-. The Morgan fingerprint density at radius 2 is 0.609 bits per heavy atom. The van der Waals surface area contributed by atoms with E-state index in [-0.39, 0.29) is 31.1 Å². The van der Waals surface area contributed by atoms with Crippen LogP contribution < -0.4 is 0 Å². The van der Waals surface area contributed by atoms with Crippen molar-refractivity contribution in [3.8, 4) is 0 Å². The monoisotopic (exact) mass is 897 g/mol. The van der Waals surface area contributed by atoms with Crippen LogP contribution in [0.15, 0.2) is 48.6 Å². The van der Waals surface area contributed by atoms with Gasteiger partial charge in [-0.25, -0.2) is 0 Å². The second-order valence-corrected chi connectivity index (χ2v) is 18.5. The lowest BCUT2D eigenvalue weighted by molar-refractivity contribution is -0.167. The van der Waals surface area contributed by atoms with Gasteiger partial charge in [-0.1, -0.05) is 256 Å². The first-order valence-corrected chi connectivity index (χ1v) is 27.6. The average molecular weight is 897 g/mol. The molecule has 6 heteroatoms. The Hall–Kier alpha value is -2.63. The van der Waals surface area contributed by atoms with Gasteiger partial charge in [0.2, 0.25) is 0 Å². The molecule has 0 aliphatic heterocycles. The Morgan fingerprint density at radius 3 is 0.953 bits per heavy atom. The van der Waals surface area contributed by atoms with Crippen molar-refractivity contribution in [2.45, 2.75) is 290 Å². The Labute approximate surface area is 397 Å². The van der Waals surface area contributed by atoms with Crippen LogP contribution in [-0.2, 0) is 28.6 Å². The molecule has 0 spiro atoms. The molecule has 0 saturated carbocycles. The smallest absolute Gasteiger partial charge is 0.306 e. The molecule has 0 radical (unpaired) electrons. The van der Waals surface area contributed by atoms with E-state index in [1.54, 1.807) is 0 Å². The van der Waals surface area contributed by atoms with E-state index >= 15 is 0 Å². The van der Waals surface area contributed by atoms with E-state index in [2.05, 4.69) is 69.4 Å². The summed E-state index contributed by atoms with van der Waals surface area (Å²) in [5.74, 6) is -0.876. The summed E-state index contributed by atoms with van der Waals surface area (Å²) >= 11 is 0. The maximum Gasteiger partial charge on any atom is 0.306 e. The molecule has 372 valence electrons. The minimum absolute atomic E-state index is 0.0683. The van der Waals surface area contributed by atoms with Gasteiger partial charge in [0, 0.05) is 19.3 Å². The Kier molecular flexibility index (Phi) is 50.8. The largest absolute Gasteiger partial charge is 0.462 e. The lowest BCUT2D eigenvalue weighted by Crippen LogP contribution is -2.30. The molecule has 0 bridgehead atoms. The maximum atomic E-state index is 12.6. The third kappa shape index (κ3) is 50.4. The molecule has 0 fully saturated rings. The van der Waals surface area contributed by atoms with Crippen molar-refractivity contribution in [3.63, 3.8) is 0 Å². The first kappa shape index (κ1) is 61.4. The van der Waals surface area contributed by atoms with Crippen LogP contribution in [0.5, 0.6) is 0 Å². The minimum Gasteiger partial charge on any atom is -0.462 e. The molecule has 64 heavy (non-hydrogen) atoms. The third-order valence-corrected chi connectivity index (χ3v) is 12.1. The molecule has 1 atom stereocenters. The van der Waals surface area contributed by atoms with Crippen LogP contribution in [0.25, 0.3) is 0 Å². The van der Waals surface area contributed by atoms with E-state index in [9.17, 15) is 14.4 Å². The molecule has 0 aromatic rings. The highest BCUT2D eigenvalue weighted by molar-refractivity contribution is 5.71. The molecular formula is C58H104O6. The van der Waals surface area contributed by atoms with Crippen LogP contribution in [-0.4, -0.2) is 37.2 Å². The Bertz CT molecular complexity index is 1120. The molecule has 0 aliphatic carbocycles. The first-order valence-electron chi connectivity index (χ1n) is 27.6. The average Bonchev–Trinajstić information content (AvgIpc) is 3.29. The predicted molar refractivity (Wildman–Crippen MR) is 275 cm³/mol. The van der Waals surface area contributed by atoms with Gasteiger partial charge in [0.1, 0.15) is 13.2 Å². The SMILES string of the molecule is CC/C=C\C/C=C\C/C=C\C/C=C\CCCCCCCCCCCCCCCCCCCCCCC(=O)OCC(COC(=O)CCCCCCCC)OC(=O)CCCCCCCCC. The van der Waals surface area contributed by atoms with Crippen LogP contribution in [0, 0.1) is 0 Å². The fourth-order valence-corrected chi connectivity index (χ4v) is 7.96. The van der Waals surface area contributed by atoms with Crippen LogP contribution in [0.1, 0.15) is 284 Å². The highest BCUT2D eigenvalue weighted by Gasteiger charge is 2.19. The van der Waals surface area contributed by atoms with E-state index in [1.807, 2.05) is 0 Å². The summed E-state index contributed by atoms with van der Waals surface area (Å²) in [6.45, 7) is 6.44. The number of esters is 3. The van der Waals surface area contributed by atoms with Gasteiger partial charge in [-0.05, 0) is 57.8 Å². The predicted octanol–water partition coefficient (Wildman–Crippen LogP) is 18.3. The topological polar surface area (TPSA) is 78.9 Å². The fraction of sp³-hybridized carbons (Fsp3) is 0.810. The summed E-state index contributed by atoms with van der Waals surface area (Å²) in [6.07, 6.45) is 64.7. The van der Waals surface area contributed by atoms with E-state index in [4.69, 9.17) is 14.2 Å². The number of carbonyl (C=O) groups excluding carboxylic acids is 3. The van der Waals surface area contributed by atoms with Crippen molar-refractivity contribution >= 4 is 17.9 Å². The highest BCUT2D eigenvalue weighted by atomic mass is 16.6. The number of unbranched alkanes of at least 4 members (excludes halogenated alkanes) is 31. The van der Waals surface area contributed by atoms with Crippen molar-refractivity contribution in [2.24, 2.45) is 0 Å².